The summed E-state index contributed by atoms with van der Waals surface area (Å²) >= 11 is 6.36. The molecule has 0 saturated carbocycles. The van der Waals surface area contributed by atoms with Crippen molar-refractivity contribution in [2.45, 2.75) is 52.1 Å². The van der Waals surface area contributed by atoms with Gasteiger partial charge in [0, 0.05) is 18.1 Å². The third-order valence-electron chi connectivity index (χ3n) is 6.38. The van der Waals surface area contributed by atoms with E-state index in [1.54, 1.807) is 31.2 Å². The molecule has 2 amide bonds. The van der Waals surface area contributed by atoms with Crippen molar-refractivity contribution in [2.24, 2.45) is 5.92 Å². The minimum atomic E-state index is -4.14. The highest BCUT2D eigenvalue weighted by Crippen LogP contribution is 2.28. The summed E-state index contributed by atoms with van der Waals surface area (Å²) in [5.41, 5.74) is 2.77. The monoisotopic (exact) mass is 569 g/mol. The molecule has 0 bridgehead atoms. The van der Waals surface area contributed by atoms with Crippen molar-refractivity contribution < 1.29 is 18.0 Å². The van der Waals surface area contributed by atoms with Crippen LogP contribution in [0.1, 0.15) is 37.5 Å². The maximum Gasteiger partial charge on any atom is 0.264 e. The van der Waals surface area contributed by atoms with Gasteiger partial charge in [0.2, 0.25) is 11.8 Å². The summed E-state index contributed by atoms with van der Waals surface area (Å²) < 4.78 is 28.8. The first-order valence-corrected chi connectivity index (χ1v) is 14.7. The molecule has 0 aliphatic rings. The molecule has 3 aromatic carbocycles. The maximum absolute atomic E-state index is 13.9. The first-order valence-electron chi connectivity index (χ1n) is 12.9. The van der Waals surface area contributed by atoms with Gasteiger partial charge < -0.3 is 10.2 Å². The Morgan fingerprint density at radius 3 is 2.15 bits per heavy atom. The lowest BCUT2D eigenvalue weighted by Gasteiger charge is -2.32. The van der Waals surface area contributed by atoms with E-state index < -0.39 is 28.5 Å². The molecule has 39 heavy (non-hydrogen) atoms. The molecule has 0 fully saturated rings. The molecule has 1 N–H and O–H groups in total. The van der Waals surface area contributed by atoms with Crippen molar-refractivity contribution in [3.63, 3.8) is 0 Å². The number of aryl methyl sites for hydroxylation is 2. The van der Waals surface area contributed by atoms with Crippen molar-refractivity contribution in [3.8, 4) is 0 Å². The van der Waals surface area contributed by atoms with Crippen LogP contribution in [0.2, 0.25) is 5.02 Å². The Labute approximate surface area is 236 Å². The number of hydrogen-bond donors (Lipinski definition) is 1. The Kier molecular flexibility index (Phi) is 10.2. The molecule has 7 nitrogen and oxygen atoms in total. The number of nitrogens with one attached hydrogen (secondary N) is 1. The number of carbonyl (C=O) groups excluding carboxylic acids is 2. The van der Waals surface area contributed by atoms with Crippen molar-refractivity contribution in [2.75, 3.05) is 17.4 Å². The third kappa shape index (κ3) is 7.83. The Balaban J connectivity index is 2.02. The van der Waals surface area contributed by atoms with Gasteiger partial charge in [-0.25, -0.2) is 8.42 Å². The highest BCUT2D eigenvalue weighted by molar-refractivity contribution is 7.92. The third-order valence-corrected chi connectivity index (χ3v) is 8.57. The number of nitrogens with zero attached hydrogens (tertiary/aromatic N) is 2. The Morgan fingerprint density at radius 1 is 0.923 bits per heavy atom. The van der Waals surface area contributed by atoms with Crippen molar-refractivity contribution >= 4 is 39.1 Å². The van der Waals surface area contributed by atoms with E-state index in [2.05, 4.69) is 5.32 Å². The van der Waals surface area contributed by atoms with Crippen LogP contribution in [0.25, 0.3) is 0 Å². The van der Waals surface area contributed by atoms with Gasteiger partial charge in [0.05, 0.1) is 10.6 Å². The summed E-state index contributed by atoms with van der Waals surface area (Å²) in [6.07, 6.45) is 0. The molecule has 0 unspecified atom stereocenters. The van der Waals surface area contributed by atoms with E-state index in [1.807, 2.05) is 58.0 Å². The maximum atomic E-state index is 13.9. The summed E-state index contributed by atoms with van der Waals surface area (Å²) in [6.45, 7) is 9.40. The van der Waals surface area contributed by atoms with Crippen LogP contribution in [-0.2, 0) is 26.2 Å². The van der Waals surface area contributed by atoms with Gasteiger partial charge in [0.1, 0.15) is 12.6 Å². The predicted molar refractivity (Wildman–Crippen MR) is 156 cm³/mol. The van der Waals surface area contributed by atoms with Gasteiger partial charge in [0.15, 0.2) is 0 Å². The standard InChI is InChI=1S/C30H36ClN3O4S/c1-21(2)18-32-30(36)24(5)33(19-25-9-7-6-8-10-25)29(35)20-34(26-14-13-23(4)28(31)17-26)39(37,38)27-15-11-22(3)12-16-27/h6-17,21,24H,18-20H2,1-5H3,(H,32,36)/t24-/m0/s1. The molecule has 3 rings (SSSR count). The molecule has 0 aliphatic carbocycles. The lowest BCUT2D eigenvalue weighted by molar-refractivity contribution is -0.139. The number of amides is 2. The smallest absolute Gasteiger partial charge is 0.264 e. The predicted octanol–water partition coefficient (Wildman–Crippen LogP) is 5.34. The molecule has 208 valence electrons. The van der Waals surface area contributed by atoms with E-state index in [1.165, 1.54) is 23.1 Å². The fourth-order valence-corrected chi connectivity index (χ4v) is 5.50. The lowest BCUT2D eigenvalue weighted by atomic mass is 10.1. The van der Waals surface area contributed by atoms with Gasteiger partial charge in [-0.05, 0) is 62.1 Å². The van der Waals surface area contributed by atoms with Crippen LogP contribution in [-0.4, -0.2) is 44.3 Å². The number of anilines is 1. The molecule has 0 aliphatic heterocycles. The molecule has 1 atom stereocenters. The molecule has 0 aromatic heterocycles. The van der Waals surface area contributed by atoms with E-state index in [-0.39, 0.29) is 29.0 Å². The summed E-state index contributed by atoms with van der Waals surface area (Å²) in [5.74, 6) is -0.585. The number of benzene rings is 3. The van der Waals surface area contributed by atoms with Crippen LogP contribution in [0.15, 0.2) is 77.7 Å². The van der Waals surface area contributed by atoms with Gasteiger partial charge in [-0.15, -0.1) is 0 Å². The lowest BCUT2D eigenvalue weighted by Crippen LogP contribution is -2.51. The SMILES string of the molecule is Cc1ccc(S(=O)(=O)N(CC(=O)N(Cc2ccccc2)[C@@H](C)C(=O)NCC(C)C)c2ccc(C)c(Cl)c2)cc1. The highest BCUT2D eigenvalue weighted by Gasteiger charge is 2.32. The normalized spacial score (nSPS) is 12.2. The highest BCUT2D eigenvalue weighted by atomic mass is 35.5. The summed E-state index contributed by atoms with van der Waals surface area (Å²) in [7, 11) is -4.14. The number of rotatable bonds is 11. The molecule has 0 spiro atoms. The van der Waals surface area contributed by atoms with Crippen molar-refractivity contribution in [1.29, 1.82) is 0 Å². The second-order valence-corrected chi connectivity index (χ2v) is 12.3. The molecule has 0 saturated heterocycles. The zero-order chi connectivity index (χ0) is 28.7. The summed E-state index contributed by atoms with van der Waals surface area (Å²) in [6, 6.07) is 19.8. The van der Waals surface area contributed by atoms with Crippen molar-refractivity contribution in [3.05, 3.63) is 94.5 Å². The molecular weight excluding hydrogens is 534 g/mol. The Morgan fingerprint density at radius 2 is 1.56 bits per heavy atom. The first kappa shape index (κ1) is 30.2. The Hall–Kier alpha value is -3.36. The summed E-state index contributed by atoms with van der Waals surface area (Å²) in [5, 5.41) is 3.26. The molecular formula is C30H36ClN3O4S. The molecule has 0 radical (unpaired) electrons. The summed E-state index contributed by atoms with van der Waals surface area (Å²) in [4.78, 5) is 28.4. The van der Waals surface area contributed by atoms with E-state index in [4.69, 9.17) is 11.6 Å². The van der Waals surface area contributed by atoms with Gasteiger partial charge in [-0.3, -0.25) is 13.9 Å². The quantitative estimate of drug-likeness (QED) is 0.338. The first-order chi connectivity index (χ1) is 18.4. The second-order valence-electron chi connectivity index (χ2n) is 10.1. The number of hydrogen-bond acceptors (Lipinski definition) is 4. The average molecular weight is 570 g/mol. The number of sulfonamides is 1. The van der Waals surface area contributed by atoms with Crippen LogP contribution >= 0.6 is 11.6 Å². The molecule has 3 aromatic rings. The van der Waals surface area contributed by atoms with Gasteiger partial charge in [-0.2, -0.15) is 0 Å². The fraction of sp³-hybridized carbons (Fsp3) is 0.333. The minimum absolute atomic E-state index is 0.0509. The van der Waals surface area contributed by atoms with Crippen LogP contribution in [0.3, 0.4) is 0 Å². The molecule has 9 heteroatoms. The zero-order valence-corrected chi connectivity index (χ0v) is 24.6. The molecule has 0 heterocycles. The van der Waals surface area contributed by atoms with E-state index in [9.17, 15) is 18.0 Å². The fourth-order valence-electron chi connectivity index (χ4n) is 3.92. The van der Waals surface area contributed by atoms with Crippen LogP contribution in [0.5, 0.6) is 0 Å². The Bertz CT molecular complexity index is 1390. The van der Waals surface area contributed by atoms with Gasteiger partial charge in [0.25, 0.3) is 10.0 Å². The van der Waals surface area contributed by atoms with Crippen molar-refractivity contribution in [1.82, 2.24) is 10.2 Å². The topological polar surface area (TPSA) is 86.8 Å². The largest absolute Gasteiger partial charge is 0.354 e. The number of carbonyl (C=O) groups is 2. The van der Waals surface area contributed by atoms with E-state index in [0.717, 1.165) is 21.0 Å². The minimum Gasteiger partial charge on any atom is -0.354 e. The van der Waals surface area contributed by atoms with Crippen LogP contribution in [0, 0.1) is 19.8 Å². The second kappa shape index (κ2) is 13.1. The zero-order valence-electron chi connectivity index (χ0n) is 23.0. The van der Waals surface area contributed by atoms with Crippen LogP contribution < -0.4 is 9.62 Å². The van der Waals surface area contributed by atoms with E-state index in [0.29, 0.717) is 11.6 Å². The average Bonchev–Trinajstić information content (AvgIpc) is 2.90. The van der Waals surface area contributed by atoms with Crippen LogP contribution in [0.4, 0.5) is 5.69 Å². The van der Waals surface area contributed by atoms with E-state index >= 15 is 0 Å². The van der Waals surface area contributed by atoms with Gasteiger partial charge in [-0.1, -0.05) is 79.5 Å². The van der Waals surface area contributed by atoms with Gasteiger partial charge >= 0.3 is 0 Å². The number of halogens is 1.